The number of nitrogens with zero attached hydrogens (tertiary/aromatic N) is 1. The quantitative estimate of drug-likeness (QED) is 0.852. The minimum absolute atomic E-state index is 0.0612. The Hall–Kier alpha value is -1.34. The van der Waals surface area contributed by atoms with Crippen LogP contribution in [0.2, 0.25) is 0 Å². The normalized spacial score (nSPS) is 12.1. The van der Waals surface area contributed by atoms with Crippen LogP contribution in [0, 0.1) is 23.2 Å². The topological polar surface area (TPSA) is 52.9 Å². The summed E-state index contributed by atoms with van der Waals surface area (Å²) in [7, 11) is 0. The lowest BCUT2D eigenvalue weighted by molar-refractivity contribution is -0.124. The molecule has 0 fully saturated rings. The zero-order valence-corrected chi connectivity index (χ0v) is 10.4. The van der Waals surface area contributed by atoms with Gasteiger partial charge in [-0.05, 0) is 34.7 Å². The number of rotatable bonds is 5. The SMILES string of the molecule is CC(C)C(C#N)C(=O)NCCc1ccsc1. The average Bonchev–Trinajstić information content (AvgIpc) is 2.71. The van der Waals surface area contributed by atoms with Crippen LogP contribution in [0.5, 0.6) is 0 Å². The van der Waals surface area contributed by atoms with Gasteiger partial charge in [0.2, 0.25) is 5.91 Å². The molecule has 1 atom stereocenters. The Morgan fingerprint density at radius 2 is 2.38 bits per heavy atom. The molecule has 0 aromatic carbocycles. The van der Waals surface area contributed by atoms with Crippen molar-refractivity contribution in [2.45, 2.75) is 20.3 Å². The Balaban J connectivity index is 2.33. The highest BCUT2D eigenvalue weighted by molar-refractivity contribution is 7.07. The van der Waals surface area contributed by atoms with Crippen molar-refractivity contribution in [3.8, 4) is 6.07 Å². The highest BCUT2D eigenvalue weighted by Crippen LogP contribution is 2.10. The van der Waals surface area contributed by atoms with Gasteiger partial charge in [-0.3, -0.25) is 4.79 Å². The molecule has 1 rings (SSSR count). The van der Waals surface area contributed by atoms with Gasteiger partial charge in [-0.25, -0.2) is 0 Å². The predicted molar refractivity (Wildman–Crippen MR) is 65.0 cm³/mol. The van der Waals surface area contributed by atoms with Gasteiger partial charge in [-0.2, -0.15) is 16.6 Å². The standard InChI is InChI=1S/C12H16N2OS/c1-9(2)11(7-13)12(15)14-5-3-10-4-6-16-8-10/h4,6,8-9,11H,3,5H2,1-2H3,(H,14,15). The molecule has 0 spiro atoms. The van der Waals surface area contributed by atoms with Crippen LogP contribution in [0.25, 0.3) is 0 Å². The number of carbonyl (C=O) groups is 1. The van der Waals surface area contributed by atoms with Gasteiger partial charge in [0.05, 0.1) is 6.07 Å². The maximum atomic E-state index is 11.6. The minimum atomic E-state index is -0.539. The molecular weight excluding hydrogens is 220 g/mol. The maximum Gasteiger partial charge on any atom is 0.237 e. The number of hydrogen-bond donors (Lipinski definition) is 1. The number of thiophene rings is 1. The number of hydrogen-bond acceptors (Lipinski definition) is 3. The molecule has 86 valence electrons. The van der Waals surface area contributed by atoms with E-state index in [-0.39, 0.29) is 11.8 Å². The predicted octanol–water partition coefficient (Wildman–Crippen LogP) is 2.20. The Bertz CT molecular complexity index is 365. The Morgan fingerprint density at radius 1 is 1.62 bits per heavy atom. The molecule has 1 unspecified atom stereocenters. The van der Waals surface area contributed by atoms with E-state index in [1.165, 1.54) is 5.56 Å². The lowest BCUT2D eigenvalue weighted by Crippen LogP contribution is -2.33. The molecule has 0 radical (unpaired) electrons. The van der Waals surface area contributed by atoms with Crippen LogP contribution >= 0.6 is 11.3 Å². The van der Waals surface area contributed by atoms with Gasteiger partial charge in [0, 0.05) is 6.54 Å². The molecule has 0 aliphatic carbocycles. The van der Waals surface area contributed by atoms with Crippen LogP contribution in [0.15, 0.2) is 16.8 Å². The van der Waals surface area contributed by atoms with E-state index in [9.17, 15) is 4.79 Å². The van der Waals surface area contributed by atoms with Crippen molar-refractivity contribution in [1.29, 1.82) is 5.26 Å². The molecule has 0 aliphatic rings. The molecule has 0 saturated heterocycles. The second-order valence-corrected chi connectivity index (χ2v) is 4.80. The summed E-state index contributed by atoms with van der Waals surface area (Å²) in [5.74, 6) is -0.638. The van der Waals surface area contributed by atoms with Crippen LogP contribution in [0.1, 0.15) is 19.4 Å². The maximum absolute atomic E-state index is 11.6. The molecule has 1 N–H and O–H groups in total. The third kappa shape index (κ3) is 3.67. The number of nitrogens with one attached hydrogen (secondary N) is 1. The van der Waals surface area contributed by atoms with Crippen LogP contribution < -0.4 is 5.32 Å². The monoisotopic (exact) mass is 236 g/mol. The van der Waals surface area contributed by atoms with E-state index < -0.39 is 5.92 Å². The molecule has 1 heterocycles. The summed E-state index contributed by atoms with van der Waals surface area (Å²) in [6.45, 7) is 4.36. The molecule has 0 saturated carbocycles. The first-order valence-corrected chi connectivity index (χ1v) is 6.28. The molecule has 1 aromatic heterocycles. The molecule has 3 nitrogen and oxygen atoms in total. The van der Waals surface area contributed by atoms with Crippen molar-refractivity contribution in [1.82, 2.24) is 5.32 Å². The molecule has 0 aliphatic heterocycles. The minimum Gasteiger partial charge on any atom is -0.355 e. The summed E-state index contributed by atoms with van der Waals surface area (Å²) in [4.78, 5) is 11.6. The summed E-state index contributed by atoms with van der Waals surface area (Å²) >= 11 is 1.65. The summed E-state index contributed by atoms with van der Waals surface area (Å²) < 4.78 is 0. The largest absolute Gasteiger partial charge is 0.355 e. The number of amides is 1. The van der Waals surface area contributed by atoms with Gasteiger partial charge in [-0.15, -0.1) is 0 Å². The van der Waals surface area contributed by atoms with Crippen molar-refractivity contribution in [2.75, 3.05) is 6.54 Å². The Labute approximate surface area is 100 Å². The van der Waals surface area contributed by atoms with E-state index >= 15 is 0 Å². The lowest BCUT2D eigenvalue weighted by Gasteiger charge is -2.12. The first kappa shape index (κ1) is 12.7. The fourth-order valence-electron chi connectivity index (χ4n) is 1.39. The fraction of sp³-hybridized carbons (Fsp3) is 0.500. The smallest absolute Gasteiger partial charge is 0.237 e. The van der Waals surface area contributed by atoms with Crippen molar-refractivity contribution in [2.24, 2.45) is 11.8 Å². The highest BCUT2D eigenvalue weighted by Gasteiger charge is 2.20. The molecule has 0 bridgehead atoms. The van der Waals surface area contributed by atoms with E-state index in [0.29, 0.717) is 6.54 Å². The van der Waals surface area contributed by atoms with Gasteiger partial charge in [-0.1, -0.05) is 13.8 Å². The van der Waals surface area contributed by atoms with Gasteiger partial charge in [0.1, 0.15) is 5.92 Å². The number of nitriles is 1. The second kappa shape index (κ2) is 6.29. The molecule has 1 amide bonds. The van der Waals surface area contributed by atoms with Gasteiger partial charge in [0.15, 0.2) is 0 Å². The van der Waals surface area contributed by atoms with Gasteiger partial charge < -0.3 is 5.32 Å². The van der Waals surface area contributed by atoms with E-state index in [1.54, 1.807) is 11.3 Å². The van der Waals surface area contributed by atoms with Crippen molar-refractivity contribution >= 4 is 17.2 Å². The Kier molecular flexibility index (Phi) is 5.00. The van der Waals surface area contributed by atoms with Gasteiger partial charge >= 0.3 is 0 Å². The summed E-state index contributed by atoms with van der Waals surface area (Å²) in [6, 6.07) is 4.08. The Morgan fingerprint density at radius 3 is 2.88 bits per heavy atom. The van der Waals surface area contributed by atoms with Crippen molar-refractivity contribution in [3.63, 3.8) is 0 Å². The fourth-order valence-corrected chi connectivity index (χ4v) is 2.09. The second-order valence-electron chi connectivity index (χ2n) is 4.02. The zero-order chi connectivity index (χ0) is 12.0. The molecular formula is C12H16N2OS. The molecule has 16 heavy (non-hydrogen) atoms. The van der Waals surface area contributed by atoms with E-state index in [4.69, 9.17) is 5.26 Å². The molecule has 1 aromatic rings. The average molecular weight is 236 g/mol. The third-order valence-corrected chi connectivity index (χ3v) is 3.11. The molecule has 4 heteroatoms. The number of carbonyl (C=O) groups excluding carboxylic acids is 1. The van der Waals surface area contributed by atoms with Gasteiger partial charge in [0.25, 0.3) is 0 Å². The van der Waals surface area contributed by atoms with Crippen LogP contribution in [0.3, 0.4) is 0 Å². The lowest BCUT2D eigenvalue weighted by atomic mass is 9.97. The highest BCUT2D eigenvalue weighted by atomic mass is 32.1. The van der Waals surface area contributed by atoms with Crippen molar-refractivity contribution < 1.29 is 4.79 Å². The first-order valence-electron chi connectivity index (χ1n) is 5.33. The van der Waals surface area contributed by atoms with Crippen LogP contribution in [0.4, 0.5) is 0 Å². The summed E-state index contributed by atoms with van der Waals surface area (Å²) in [5, 5.41) is 15.7. The van der Waals surface area contributed by atoms with Crippen LogP contribution in [-0.4, -0.2) is 12.5 Å². The van der Waals surface area contributed by atoms with E-state index in [0.717, 1.165) is 6.42 Å². The first-order chi connectivity index (χ1) is 7.65. The zero-order valence-electron chi connectivity index (χ0n) is 9.56. The van der Waals surface area contributed by atoms with Crippen LogP contribution in [-0.2, 0) is 11.2 Å². The summed E-state index contributed by atoms with van der Waals surface area (Å²) in [5.41, 5.74) is 1.23. The third-order valence-electron chi connectivity index (χ3n) is 2.38. The van der Waals surface area contributed by atoms with E-state index in [1.807, 2.05) is 31.4 Å². The van der Waals surface area contributed by atoms with Crippen molar-refractivity contribution in [3.05, 3.63) is 22.4 Å². The van der Waals surface area contributed by atoms with E-state index in [2.05, 4.69) is 10.7 Å². The summed E-state index contributed by atoms with van der Waals surface area (Å²) in [6.07, 6.45) is 0.825.